The van der Waals surface area contributed by atoms with Gasteiger partial charge in [0.25, 0.3) is 5.91 Å². The number of hydrogen-bond donors (Lipinski definition) is 2. The molecule has 1 amide bonds. The third kappa shape index (κ3) is 4.33. The van der Waals surface area contributed by atoms with E-state index in [0.29, 0.717) is 6.42 Å². The lowest BCUT2D eigenvalue weighted by atomic mass is 10.0. The Morgan fingerprint density at radius 2 is 1.89 bits per heavy atom. The van der Waals surface area contributed by atoms with Crippen LogP contribution in [0, 0.1) is 0 Å². The van der Waals surface area contributed by atoms with Crippen molar-refractivity contribution in [3.63, 3.8) is 0 Å². The molecule has 2 atom stereocenters. The number of esters is 1. The monoisotopic (exact) mass is 261 g/mol. The van der Waals surface area contributed by atoms with E-state index < -0.39 is 35.9 Å². The fourth-order valence-corrected chi connectivity index (χ4v) is 1.16. The molecule has 7 nitrogen and oxygen atoms in total. The van der Waals surface area contributed by atoms with Gasteiger partial charge in [-0.3, -0.25) is 9.59 Å². The molecule has 7 heteroatoms. The first-order chi connectivity index (χ1) is 8.30. The number of nitrogens with one attached hydrogen (secondary N) is 1. The maximum atomic E-state index is 11.9. The van der Waals surface area contributed by atoms with Crippen LogP contribution in [0.4, 0.5) is 0 Å². The lowest BCUT2D eigenvalue weighted by molar-refractivity contribution is -0.152. The Labute approximate surface area is 105 Å². The molecule has 0 aliphatic rings. The number of carboxylic acid groups (broad SMARTS) is 1. The van der Waals surface area contributed by atoms with Crippen molar-refractivity contribution in [1.29, 1.82) is 0 Å². The minimum absolute atomic E-state index is 0.375. The molecule has 0 rings (SSSR count). The van der Waals surface area contributed by atoms with Crippen molar-refractivity contribution in [2.45, 2.75) is 38.3 Å². The van der Waals surface area contributed by atoms with Gasteiger partial charge in [-0.1, -0.05) is 6.92 Å². The van der Waals surface area contributed by atoms with Crippen molar-refractivity contribution in [2.75, 3.05) is 14.2 Å². The second-order valence-electron chi connectivity index (χ2n) is 3.93. The Morgan fingerprint density at radius 1 is 1.33 bits per heavy atom. The van der Waals surface area contributed by atoms with Crippen LogP contribution < -0.4 is 5.32 Å². The van der Waals surface area contributed by atoms with Crippen molar-refractivity contribution in [2.24, 2.45) is 0 Å². The van der Waals surface area contributed by atoms with E-state index in [1.807, 2.05) is 0 Å². The topological polar surface area (TPSA) is 102 Å². The van der Waals surface area contributed by atoms with Crippen LogP contribution in [0.3, 0.4) is 0 Å². The summed E-state index contributed by atoms with van der Waals surface area (Å²) in [6, 6.07) is -1.33. The molecule has 0 bridgehead atoms. The van der Waals surface area contributed by atoms with E-state index in [1.54, 1.807) is 13.8 Å². The highest BCUT2D eigenvalue weighted by atomic mass is 16.5. The van der Waals surface area contributed by atoms with Crippen LogP contribution in [0.5, 0.6) is 0 Å². The molecule has 0 saturated heterocycles. The average Bonchev–Trinajstić information content (AvgIpc) is 2.36. The third-order valence-corrected chi connectivity index (χ3v) is 2.81. The van der Waals surface area contributed by atoms with Crippen LogP contribution >= 0.6 is 0 Å². The van der Waals surface area contributed by atoms with Crippen LogP contribution in [-0.4, -0.2) is 48.8 Å². The maximum absolute atomic E-state index is 11.9. The number of aliphatic carboxylic acids is 1. The lowest BCUT2D eigenvalue weighted by Crippen LogP contribution is -2.52. The summed E-state index contributed by atoms with van der Waals surface area (Å²) in [6.07, 6.45) is -0.0546. The summed E-state index contributed by atoms with van der Waals surface area (Å²) >= 11 is 0. The number of carbonyl (C=O) groups excluding carboxylic acids is 2. The SMILES string of the molecule is CCC(C)(OC)C(=O)N[C@@H](CC(=O)OC)C(=O)O. The number of carboxylic acids is 1. The first kappa shape index (κ1) is 16.4. The zero-order valence-electron chi connectivity index (χ0n) is 11.0. The summed E-state index contributed by atoms with van der Waals surface area (Å²) in [4.78, 5) is 33.8. The predicted octanol–water partition coefficient (Wildman–Crippen LogP) is -0.0660. The molecule has 18 heavy (non-hydrogen) atoms. The van der Waals surface area contributed by atoms with E-state index in [0.717, 1.165) is 7.11 Å². The fourth-order valence-electron chi connectivity index (χ4n) is 1.16. The molecule has 0 aromatic rings. The number of carbonyl (C=O) groups is 3. The normalized spacial score (nSPS) is 15.3. The van der Waals surface area contributed by atoms with E-state index >= 15 is 0 Å². The molecule has 0 aliphatic heterocycles. The fraction of sp³-hybridized carbons (Fsp3) is 0.727. The summed E-state index contributed by atoms with van der Waals surface area (Å²) in [5, 5.41) is 11.2. The second kappa shape index (κ2) is 6.95. The van der Waals surface area contributed by atoms with E-state index in [2.05, 4.69) is 10.1 Å². The molecular weight excluding hydrogens is 242 g/mol. The van der Waals surface area contributed by atoms with Gasteiger partial charge in [0, 0.05) is 7.11 Å². The largest absolute Gasteiger partial charge is 0.480 e. The van der Waals surface area contributed by atoms with E-state index in [-0.39, 0.29) is 0 Å². The number of rotatable bonds is 7. The first-order valence-corrected chi connectivity index (χ1v) is 5.46. The zero-order chi connectivity index (χ0) is 14.3. The van der Waals surface area contributed by atoms with Crippen molar-refractivity contribution in [1.82, 2.24) is 5.32 Å². The summed E-state index contributed by atoms with van der Waals surface area (Å²) < 4.78 is 9.41. The summed E-state index contributed by atoms with van der Waals surface area (Å²) in [6.45, 7) is 3.28. The summed E-state index contributed by atoms with van der Waals surface area (Å²) in [5.74, 6) is -2.59. The van der Waals surface area contributed by atoms with Gasteiger partial charge >= 0.3 is 11.9 Å². The van der Waals surface area contributed by atoms with Crippen LogP contribution in [0.2, 0.25) is 0 Å². The van der Waals surface area contributed by atoms with Crippen LogP contribution in [0.25, 0.3) is 0 Å². The van der Waals surface area contributed by atoms with Crippen LogP contribution in [-0.2, 0) is 23.9 Å². The summed E-state index contributed by atoms with van der Waals surface area (Å²) in [5.41, 5.74) is -1.12. The van der Waals surface area contributed by atoms with Gasteiger partial charge in [0.1, 0.15) is 11.6 Å². The van der Waals surface area contributed by atoms with Crippen molar-refractivity contribution >= 4 is 17.8 Å². The number of methoxy groups -OCH3 is 2. The molecule has 1 unspecified atom stereocenters. The van der Waals surface area contributed by atoms with E-state index in [9.17, 15) is 14.4 Å². The highest BCUT2D eigenvalue weighted by molar-refractivity contribution is 5.90. The first-order valence-electron chi connectivity index (χ1n) is 5.46. The molecule has 0 radical (unpaired) electrons. The van der Waals surface area contributed by atoms with Gasteiger partial charge < -0.3 is 19.9 Å². The van der Waals surface area contributed by atoms with Crippen molar-refractivity contribution in [3.8, 4) is 0 Å². The Balaban J connectivity index is 4.74. The standard InChI is InChI=1S/C11H19NO6/c1-5-11(2,18-4)10(16)12-7(9(14)15)6-8(13)17-3/h7H,5-6H2,1-4H3,(H,12,16)(H,14,15)/t7-,11?/m0/s1. The minimum Gasteiger partial charge on any atom is -0.480 e. The van der Waals surface area contributed by atoms with Crippen molar-refractivity contribution < 1.29 is 29.0 Å². The molecule has 0 spiro atoms. The van der Waals surface area contributed by atoms with Gasteiger partial charge in [-0.05, 0) is 13.3 Å². The molecule has 0 aromatic carbocycles. The predicted molar refractivity (Wildman–Crippen MR) is 61.9 cm³/mol. The molecule has 0 saturated carbocycles. The highest BCUT2D eigenvalue weighted by Crippen LogP contribution is 2.14. The summed E-state index contributed by atoms with van der Waals surface area (Å²) in [7, 11) is 2.51. The Bertz CT molecular complexity index is 323. The smallest absolute Gasteiger partial charge is 0.326 e. The molecule has 0 aliphatic carbocycles. The molecule has 0 fully saturated rings. The van der Waals surface area contributed by atoms with Gasteiger partial charge in [-0.2, -0.15) is 0 Å². The molecule has 0 aromatic heterocycles. The maximum Gasteiger partial charge on any atom is 0.326 e. The zero-order valence-corrected chi connectivity index (χ0v) is 11.0. The molecule has 104 valence electrons. The third-order valence-electron chi connectivity index (χ3n) is 2.81. The van der Waals surface area contributed by atoms with Gasteiger partial charge in [0.2, 0.25) is 0 Å². The number of amides is 1. The molecule has 0 heterocycles. The molecular formula is C11H19NO6. The van der Waals surface area contributed by atoms with Gasteiger partial charge in [0.05, 0.1) is 13.5 Å². The highest BCUT2D eigenvalue weighted by Gasteiger charge is 2.34. The van der Waals surface area contributed by atoms with E-state index in [1.165, 1.54) is 7.11 Å². The van der Waals surface area contributed by atoms with Gasteiger partial charge in [0.15, 0.2) is 0 Å². The second-order valence-corrected chi connectivity index (χ2v) is 3.93. The molecule has 2 N–H and O–H groups in total. The Morgan fingerprint density at radius 3 is 2.22 bits per heavy atom. The quantitative estimate of drug-likeness (QED) is 0.622. The van der Waals surface area contributed by atoms with Crippen LogP contribution in [0.1, 0.15) is 26.7 Å². The van der Waals surface area contributed by atoms with Crippen molar-refractivity contribution in [3.05, 3.63) is 0 Å². The van der Waals surface area contributed by atoms with E-state index in [4.69, 9.17) is 9.84 Å². The van der Waals surface area contributed by atoms with Gasteiger partial charge in [-0.15, -0.1) is 0 Å². The number of hydrogen-bond acceptors (Lipinski definition) is 5. The number of ether oxygens (including phenoxy) is 2. The van der Waals surface area contributed by atoms with Gasteiger partial charge in [-0.25, -0.2) is 4.79 Å². The van der Waals surface area contributed by atoms with Crippen LogP contribution in [0.15, 0.2) is 0 Å². The Kier molecular flexibility index (Phi) is 6.32. The Hall–Kier alpha value is -1.63. The lowest BCUT2D eigenvalue weighted by Gasteiger charge is -2.26. The minimum atomic E-state index is -1.33. The average molecular weight is 261 g/mol.